The summed E-state index contributed by atoms with van der Waals surface area (Å²) in [4.78, 5) is 0. The van der Waals surface area contributed by atoms with E-state index >= 15 is 0 Å². The normalized spacial score (nSPS) is 15.3. The van der Waals surface area contributed by atoms with Gasteiger partial charge in [-0.15, -0.1) is 10.2 Å². The molecular formula is C23H15ClN2O2S. The Kier molecular flexibility index (Phi) is 4.84. The van der Waals surface area contributed by atoms with Crippen molar-refractivity contribution in [2.24, 2.45) is 0 Å². The maximum absolute atomic E-state index is 6.25. The van der Waals surface area contributed by atoms with Crippen LogP contribution in [-0.4, -0.2) is 10.2 Å². The highest BCUT2D eigenvalue weighted by atomic mass is 35.5. The lowest BCUT2D eigenvalue weighted by Gasteiger charge is -2.23. The van der Waals surface area contributed by atoms with Crippen molar-refractivity contribution in [1.82, 2.24) is 10.2 Å². The van der Waals surface area contributed by atoms with Crippen LogP contribution in [0.15, 0.2) is 94.6 Å². The zero-order valence-corrected chi connectivity index (χ0v) is 16.7. The van der Waals surface area contributed by atoms with E-state index in [2.05, 4.69) is 22.3 Å². The van der Waals surface area contributed by atoms with Crippen molar-refractivity contribution in [1.29, 1.82) is 0 Å². The summed E-state index contributed by atoms with van der Waals surface area (Å²) < 4.78 is 12.0. The molecule has 6 heteroatoms. The topological polar surface area (TPSA) is 48.2 Å². The fourth-order valence-electron chi connectivity index (χ4n) is 3.15. The van der Waals surface area contributed by atoms with Gasteiger partial charge in [-0.3, -0.25) is 0 Å². The molecule has 0 spiro atoms. The Morgan fingerprint density at radius 1 is 0.828 bits per heavy atom. The molecule has 4 aromatic rings. The Morgan fingerprint density at radius 3 is 2.45 bits per heavy atom. The SMILES string of the molecule is Clc1ccccc1-c1nnc(SC2C=C(c3ccccc3)Oc3ccccc32)o1. The summed E-state index contributed by atoms with van der Waals surface area (Å²) in [6.45, 7) is 0. The smallest absolute Gasteiger partial charge is 0.277 e. The first-order valence-corrected chi connectivity index (χ1v) is 10.3. The standard InChI is InChI=1S/C23H15ClN2O2S/c24-18-12-6-4-10-16(18)22-25-26-23(28-22)29-21-14-20(15-8-2-1-3-9-15)27-19-13-7-5-11-17(19)21/h1-14,21H. The summed E-state index contributed by atoms with van der Waals surface area (Å²) in [7, 11) is 0. The molecule has 0 saturated carbocycles. The van der Waals surface area contributed by atoms with Crippen LogP contribution < -0.4 is 4.74 Å². The van der Waals surface area contributed by atoms with Crippen LogP contribution >= 0.6 is 23.4 Å². The number of thioether (sulfide) groups is 1. The summed E-state index contributed by atoms with van der Waals surface area (Å²) in [5.41, 5.74) is 2.81. The molecule has 0 N–H and O–H groups in total. The minimum absolute atomic E-state index is 0.0188. The van der Waals surface area contributed by atoms with Crippen LogP contribution in [0.3, 0.4) is 0 Å². The van der Waals surface area contributed by atoms with Crippen molar-refractivity contribution < 1.29 is 9.15 Å². The molecular weight excluding hydrogens is 404 g/mol. The second-order valence-corrected chi connectivity index (χ2v) is 7.93. The number of aromatic nitrogens is 2. The molecule has 1 atom stereocenters. The highest BCUT2D eigenvalue weighted by Crippen LogP contribution is 2.45. The fourth-order valence-corrected chi connectivity index (χ4v) is 4.31. The first kappa shape index (κ1) is 18.0. The van der Waals surface area contributed by atoms with E-state index in [1.807, 2.05) is 66.7 Å². The van der Waals surface area contributed by atoms with E-state index in [1.165, 1.54) is 11.8 Å². The predicted octanol–water partition coefficient (Wildman–Crippen LogP) is 6.66. The molecule has 29 heavy (non-hydrogen) atoms. The largest absolute Gasteiger partial charge is 0.457 e. The van der Waals surface area contributed by atoms with Crippen molar-refractivity contribution in [2.45, 2.75) is 10.5 Å². The molecule has 0 bridgehead atoms. The molecule has 142 valence electrons. The molecule has 0 radical (unpaired) electrons. The van der Waals surface area contributed by atoms with E-state index in [9.17, 15) is 0 Å². The molecule has 1 aliphatic rings. The molecule has 4 nitrogen and oxygen atoms in total. The number of ether oxygens (including phenoxy) is 1. The average molecular weight is 419 g/mol. The summed E-state index contributed by atoms with van der Waals surface area (Å²) in [5.74, 6) is 2.05. The molecule has 1 unspecified atom stereocenters. The van der Waals surface area contributed by atoms with E-state index in [0.717, 1.165) is 28.2 Å². The first-order chi connectivity index (χ1) is 14.3. The summed E-state index contributed by atoms with van der Waals surface area (Å²) in [5, 5.41) is 9.43. The quantitative estimate of drug-likeness (QED) is 0.371. The number of nitrogens with zero attached hydrogens (tertiary/aromatic N) is 2. The van der Waals surface area contributed by atoms with Gasteiger partial charge in [-0.2, -0.15) is 0 Å². The van der Waals surface area contributed by atoms with Gasteiger partial charge in [0.25, 0.3) is 5.22 Å². The zero-order chi connectivity index (χ0) is 19.6. The second kappa shape index (κ2) is 7.78. The van der Waals surface area contributed by atoms with Gasteiger partial charge in [0.15, 0.2) is 0 Å². The lowest BCUT2D eigenvalue weighted by Crippen LogP contribution is -2.07. The van der Waals surface area contributed by atoms with Gasteiger partial charge in [0.2, 0.25) is 5.89 Å². The van der Waals surface area contributed by atoms with Gasteiger partial charge in [-0.1, -0.05) is 84.0 Å². The predicted molar refractivity (Wildman–Crippen MR) is 115 cm³/mol. The van der Waals surface area contributed by atoms with Gasteiger partial charge in [0.1, 0.15) is 11.5 Å². The van der Waals surface area contributed by atoms with Crippen molar-refractivity contribution in [2.75, 3.05) is 0 Å². The van der Waals surface area contributed by atoms with Gasteiger partial charge in [0, 0.05) is 11.1 Å². The number of hydrogen-bond acceptors (Lipinski definition) is 5. The van der Waals surface area contributed by atoms with Gasteiger partial charge < -0.3 is 9.15 Å². The van der Waals surface area contributed by atoms with Crippen LogP contribution in [0.5, 0.6) is 5.75 Å². The molecule has 0 aliphatic carbocycles. The van der Waals surface area contributed by atoms with E-state index in [0.29, 0.717) is 16.1 Å². The van der Waals surface area contributed by atoms with Gasteiger partial charge in [-0.05, 0) is 24.3 Å². The van der Waals surface area contributed by atoms with Crippen molar-refractivity contribution in [3.63, 3.8) is 0 Å². The molecule has 0 saturated heterocycles. The minimum Gasteiger partial charge on any atom is -0.457 e. The van der Waals surface area contributed by atoms with Crippen LogP contribution in [0.25, 0.3) is 17.2 Å². The Balaban J connectivity index is 1.48. The summed E-state index contributed by atoms with van der Waals surface area (Å²) >= 11 is 7.74. The molecule has 1 aromatic heterocycles. The third kappa shape index (κ3) is 3.67. The Morgan fingerprint density at radius 2 is 1.59 bits per heavy atom. The van der Waals surface area contributed by atoms with Crippen LogP contribution in [-0.2, 0) is 0 Å². The Bertz CT molecular complexity index is 1190. The highest BCUT2D eigenvalue weighted by molar-refractivity contribution is 7.99. The molecule has 1 aliphatic heterocycles. The first-order valence-electron chi connectivity index (χ1n) is 9.07. The maximum Gasteiger partial charge on any atom is 0.277 e. The van der Waals surface area contributed by atoms with Crippen LogP contribution in [0.4, 0.5) is 0 Å². The van der Waals surface area contributed by atoms with Gasteiger partial charge >= 0.3 is 0 Å². The summed E-state index contributed by atoms with van der Waals surface area (Å²) in [6.07, 6.45) is 2.09. The van der Waals surface area contributed by atoms with Crippen molar-refractivity contribution in [3.05, 3.63) is 101 Å². The zero-order valence-electron chi connectivity index (χ0n) is 15.2. The van der Waals surface area contributed by atoms with Crippen LogP contribution in [0.1, 0.15) is 16.4 Å². The Labute approximate surface area is 177 Å². The third-order valence-corrected chi connectivity index (χ3v) is 5.89. The number of hydrogen-bond donors (Lipinski definition) is 0. The highest BCUT2D eigenvalue weighted by Gasteiger charge is 2.25. The van der Waals surface area contributed by atoms with Gasteiger partial charge in [-0.25, -0.2) is 0 Å². The number of para-hydroxylation sites is 1. The average Bonchev–Trinajstić information content (AvgIpc) is 3.23. The van der Waals surface area contributed by atoms with E-state index in [-0.39, 0.29) is 5.25 Å². The van der Waals surface area contributed by atoms with Crippen LogP contribution in [0, 0.1) is 0 Å². The molecule has 2 heterocycles. The van der Waals surface area contributed by atoms with E-state index in [1.54, 1.807) is 6.07 Å². The van der Waals surface area contributed by atoms with E-state index in [4.69, 9.17) is 20.8 Å². The lowest BCUT2D eigenvalue weighted by atomic mass is 10.0. The second-order valence-electron chi connectivity index (χ2n) is 6.43. The number of halogens is 1. The Hall–Kier alpha value is -3.02. The number of rotatable bonds is 4. The number of fused-ring (bicyclic) bond motifs is 1. The third-order valence-electron chi connectivity index (χ3n) is 4.55. The lowest BCUT2D eigenvalue weighted by molar-refractivity contribution is 0.464. The van der Waals surface area contributed by atoms with Gasteiger partial charge in [0.05, 0.1) is 15.8 Å². The molecule has 0 amide bonds. The molecule has 0 fully saturated rings. The summed E-state index contributed by atoms with van der Waals surface area (Å²) in [6, 6.07) is 25.5. The van der Waals surface area contributed by atoms with Crippen molar-refractivity contribution >= 4 is 29.1 Å². The molecule has 3 aromatic carbocycles. The molecule has 5 rings (SSSR count). The number of benzene rings is 3. The van der Waals surface area contributed by atoms with Crippen LogP contribution in [0.2, 0.25) is 5.02 Å². The maximum atomic E-state index is 6.25. The van der Waals surface area contributed by atoms with E-state index < -0.39 is 0 Å². The minimum atomic E-state index is -0.0188. The fraction of sp³-hybridized carbons (Fsp3) is 0.0435. The monoisotopic (exact) mass is 418 g/mol. The van der Waals surface area contributed by atoms with Crippen molar-refractivity contribution in [3.8, 4) is 17.2 Å².